The predicted molar refractivity (Wildman–Crippen MR) is 79.9 cm³/mol. The summed E-state index contributed by atoms with van der Waals surface area (Å²) in [7, 11) is 2.28. The standard InChI is InChI=1S/C15H27N5/c1-3-6-20-10-12(9-17-20)15(18-16)11-7-13-4-5-14(8-11)19(13)2/h9-11,13-15,18H,3-8,16H2,1-2H3. The maximum absolute atomic E-state index is 5.86. The Morgan fingerprint density at radius 1 is 1.40 bits per heavy atom. The van der Waals surface area contributed by atoms with Crippen molar-refractivity contribution in [3.05, 3.63) is 18.0 Å². The summed E-state index contributed by atoms with van der Waals surface area (Å²) in [5.74, 6) is 6.50. The van der Waals surface area contributed by atoms with Gasteiger partial charge in [0, 0.05) is 30.4 Å². The average molecular weight is 277 g/mol. The number of nitrogens with two attached hydrogens (primary N) is 1. The molecule has 5 heteroatoms. The van der Waals surface area contributed by atoms with Crippen LogP contribution in [0.15, 0.2) is 12.4 Å². The molecule has 2 fully saturated rings. The van der Waals surface area contributed by atoms with Crippen LogP contribution in [-0.4, -0.2) is 33.8 Å². The van der Waals surface area contributed by atoms with E-state index < -0.39 is 0 Å². The van der Waals surface area contributed by atoms with Gasteiger partial charge in [-0.1, -0.05) is 6.92 Å². The molecule has 3 N–H and O–H groups in total. The molecule has 1 aromatic heterocycles. The molecule has 1 aromatic rings. The molecule has 0 amide bonds. The predicted octanol–water partition coefficient (Wildman–Crippen LogP) is 1.67. The SMILES string of the molecule is CCCn1cc(C(NN)C2CC3CCC(C2)N3C)cn1. The number of hydrazine groups is 1. The van der Waals surface area contributed by atoms with Gasteiger partial charge in [-0.15, -0.1) is 0 Å². The number of hydrogen-bond donors (Lipinski definition) is 2. The fourth-order valence-electron chi connectivity index (χ4n) is 4.12. The van der Waals surface area contributed by atoms with E-state index in [0.29, 0.717) is 5.92 Å². The fraction of sp³-hybridized carbons (Fsp3) is 0.800. The van der Waals surface area contributed by atoms with Crippen LogP contribution in [0.4, 0.5) is 0 Å². The van der Waals surface area contributed by atoms with Crippen LogP contribution in [0, 0.1) is 5.92 Å². The van der Waals surface area contributed by atoms with Crippen LogP contribution in [-0.2, 0) is 6.54 Å². The molecule has 112 valence electrons. The summed E-state index contributed by atoms with van der Waals surface area (Å²) in [6.07, 6.45) is 10.5. The van der Waals surface area contributed by atoms with E-state index in [1.165, 1.54) is 31.2 Å². The van der Waals surface area contributed by atoms with E-state index in [-0.39, 0.29) is 6.04 Å². The summed E-state index contributed by atoms with van der Waals surface area (Å²) in [5, 5.41) is 4.45. The third-order valence-corrected chi connectivity index (χ3v) is 5.25. The van der Waals surface area contributed by atoms with Crippen molar-refractivity contribution < 1.29 is 0 Å². The van der Waals surface area contributed by atoms with E-state index in [1.807, 2.05) is 10.9 Å². The molecule has 3 atom stereocenters. The topological polar surface area (TPSA) is 59.1 Å². The lowest BCUT2D eigenvalue weighted by atomic mass is 9.83. The van der Waals surface area contributed by atoms with Gasteiger partial charge in [0.05, 0.1) is 12.2 Å². The summed E-state index contributed by atoms with van der Waals surface area (Å²) in [5.41, 5.74) is 4.30. The van der Waals surface area contributed by atoms with Crippen molar-refractivity contribution in [2.24, 2.45) is 11.8 Å². The Bertz CT molecular complexity index is 429. The molecule has 0 saturated carbocycles. The summed E-state index contributed by atoms with van der Waals surface area (Å²) in [6.45, 7) is 3.16. The van der Waals surface area contributed by atoms with Gasteiger partial charge < -0.3 is 4.90 Å². The lowest BCUT2D eigenvalue weighted by molar-refractivity contribution is 0.112. The van der Waals surface area contributed by atoms with Gasteiger partial charge in [-0.3, -0.25) is 16.0 Å². The normalized spacial score (nSPS) is 31.6. The largest absolute Gasteiger partial charge is 0.300 e. The van der Waals surface area contributed by atoms with Gasteiger partial charge in [0.1, 0.15) is 0 Å². The smallest absolute Gasteiger partial charge is 0.0538 e. The van der Waals surface area contributed by atoms with Crippen molar-refractivity contribution in [3.8, 4) is 0 Å². The van der Waals surface area contributed by atoms with Gasteiger partial charge in [-0.2, -0.15) is 5.10 Å². The zero-order valence-corrected chi connectivity index (χ0v) is 12.6. The second kappa shape index (κ2) is 5.84. The van der Waals surface area contributed by atoms with Crippen molar-refractivity contribution in [3.63, 3.8) is 0 Å². The molecule has 2 aliphatic rings. The Kier molecular flexibility index (Phi) is 4.10. The number of aromatic nitrogens is 2. The molecule has 3 rings (SSSR count). The fourth-order valence-corrected chi connectivity index (χ4v) is 4.12. The van der Waals surface area contributed by atoms with Crippen molar-refractivity contribution in [2.45, 2.75) is 63.7 Å². The maximum Gasteiger partial charge on any atom is 0.0538 e. The van der Waals surface area contributed by atoms with Crippen LogP contribution in [0.2, 0.25) is 0 Å². The quantitative estimate of drug-likeness (QED) is 0.635. The number of rotatable bonds is 5. The molecular formula is C15H27N5. The molecule has 0 radical (unpaired) electrons. The molecule has 3 unspecified atom stereocenters. The zero-order valence-electron chi connectivity index (χ0n) is 12.6. The highest BCUT2D eigenvalue weighted by atomic mass is 15.3. The van der Waals surface area contributed by atoms with Crippen LogP contribution < -0.4 is 11.3 Å². The molecule has 0 aromatic carbocycles. The maximum atomic E-state index is 5.86. The Morgan fingerprint density at radius 3 is 2.70 bits per heavy atom. The Labute approximate surface area is 121 Å². The molecule has 0 aliphatic carbocycles. The number of nitrogens with one attached hydrogen (secondary N) is 1. The third-order valence-electron chi connectivity index (χ3n) is 5.25. The number of hydrogen-bond acceptors (Lipinski definition) is 4. The Balaban J connectivity index is 1.73. The van der Waals surface area contributed by atoms with Crippen molar-refractivity contribution in [1.29, 1.82) is 0 Å². The molecule has 2 aliphatic heterocycles. The lowest BCUT2D eigenvalue weighted by Crippen LogP contribution is -2.45. The van der Waals surface area contributed by atoms with Crippen molar-refractivity contribution in [2.75, 3.05) is 7.05 Å². The average Bonchev–Trinajstić information content (AvgIpc) is 2.94. The van der Waals surface area contributed by atoms with E-state index in [4.69, 9.17) is 5.84 Å². The summed E-state index contributed by atoms with van der Waals surface area (Å²) >= 11 is 0. The van der Waals surface area contributed by atoms with Crippen LogP contribution >= 0.6 is 0 Å². The van der Waals surface area contributed by atoms with E-state index >= 15 is 0 Å². The Hall–Kier alpha value is -0.910. The highest BCUT2D eigenvalue weighted by Gasteiger charge is 2.41. The van der Waals surface area contributed by atoms with E-state index in [0.717, 1.165) is 25.0 Å². The molecule has 5 nitrogen and oxygen atoms in total. The number of aryl methyl sites for hydroxylation is 1. The minimum atomic E-state index is 0.248. The minimum absolute atomic E-state index is 0.248. The molecule has 2 saturated heterocycles. The molecule has 0 spiro atoms. The van der Waals surface area contributed by atoms with Gasteiger partial charge in [-0.05, 0) is 45.1 Å². The van der Waals surface area contributed by atoms with Gasteiger partial charge in [-0.25, -0.2) is 0 Å². The Morgan fingerprint density at radius 2 is 2.10 bits per heavy atom. The summed E-state index contributed by atoms with van der Waals surface area (Å²) in [4.78, 5) is 2.57. The first-order valence-electron chi connectivity index (χ1n) is 7.93. The molecule has 3 heterocycles. The summed E-state index contributed by atoms with van der Waals surface area (Å²) in [6, 6.07) is 1.75. The highest BCUT2D eigenvalue weighted by Crippen LogP contribution is 2.42. The van der Waals surface area contributed by atoms with E-state index in [1.54, 1.807) is 0 Å². The van der Waals surface area contributed by atoms with E-state index in [2.05, 4.69) is 35.6 Å². The summed E-state index contributed by atoms with van der Waals surface area (Å²) < 4.78 is 2.03. The van der Waals surface area contributed by atoms with Crippen molar-refractivity contribution >= 4 is 0 Å². The first-order chi connectivity index (χ1) is 9.72. The third kappa shape index (κ3) is 2.50. The van der Waals surface area contributed by atoms with Gasteiger partial charge in [0.25, 0.3) is 0 Å². The van der Waals surface area contributed by atoms with Crippen LogP contribution in [0.3, 0.4) is 0 Å². The first kappa shape index (κ1) is 14.0. The highest BCUT2D eigenvalue weighted by molar-refractivity contribution is 5.13. The molecular weight excluding hydrogens is 250 g/mol. The van der Waals surface area contributed by atoms with Crippen molar-refractivity contribution in [1.82, 2.24) is 20.1 Å². The number of fused-ring (bicyclic) bond motifs is 2. The van der Waals surface area contributed by atoms with Crippen LogP contribution in [0.25, 0.3) is 0 Å². The second-order valence-electron chi connectivity index (χ2n) is 6.46. The van der Waals surface area contributed by atoms with E-state index in [9.17, 15) is 0 Å². The van der Waals surface area contributed by atoms with Gasteiger partial charge >= 0.3 is 0 Å². The number of piperidine rings is 1. The minimum Gasteiger partial charge on any atom is -0.300 e. The first-order valence-corrected chi connectivity index (χ1v) is 7.93. The van der Waals surface area contributed by atoms with Gasteiger partial charge in [0.2, 0.25) is 0 Å². The zero-order chi connectivity index (χ0) is 14.1. The van der Waals surface area contributed by atoms with Crippen LogP contribution in [0.5, 0.6) is 0 Å². The molecule has 20 heavy (non-hydrogen) atoms. The van der Waals surface area contributed by atoms with Crippen LogP contribution in [0.1, 0.15) is 50.6 Å². The second-order valence-corrected chi connectivity index (χ2v) is 6.46. The van der Waals surface area contributed by atoms with Gasteiger partial charge in [0.15, 0.2) is 0 Å². The lowest BCUT2D eigenvalue weighted by Gasteiger charge is -2.39. The monoisotopic (exact) mass is 277 g/mol. The molecule has 2 bridgehead atoms. The number of nitrogens with zero attached hydrogens (tertiary/aromatic N) is 3.